The van der Waals surface area contributed by atoms with Crippen LogP contribution in [0.2, 0.25) is 0 Å². The Morgan fingerprint density at radius 1 is 1.47 bits per heavy atom. The van der Waals surface area contributed by atoms with Gasteiger partial charge >= 0.3 is 5.97 Å². The molecule has 5 nitrogen and oxygen atoms in total. The first-order valence-electron chi connectivity index (χ1n) is 5.90. The van der Waals surface area contributed by atoms with Crippen molar-refractivity contribution < 1.29 is 14.3 Å². The summed E-state index contributed by atoms with van der Waals surface area (Å²) >= 11 is 0. The molecule has 0 aliphatic carbocycles. The maximum absolute atomic E-state index is 11.5. The number of methoxy groups -OCH3 is 1. The lowest BCUT2D eigenvalue weighted by atomic mass is 10.1. The summed E-state index contributed by atoms with van der Waals surface area (Å²) in [5, 5.41) is 8.57. The van der Waals surface area contributed by atoms with E-state index in [2.05, 4.69) is 6.07 Å². The van der Waals surface area contributed by atoms with Crippen LogP contribution in [0, 0.1) is 17.2 Å². The molecule has 0 bridgehead atoms. The molecule has 0 heterocycles. The van der Waals surface area contributed by atoms with Crippen LogP contribution < -0.4 is 0 Å². The number of rotatable bonds is 9. The van der Waals surface area contributed by atoms with Gasteiger partial charge in [0, 0.05) is 33.2 Å². The van der Waals surface area contributed by atoms with Gasteiger partial charge in [-0.25, -0.2) is 0 Å². The molecule has 98 valence electrons. The molecule has 0 aliphatic heterocycles. The highest BCUT2D eigenvalue weighted by molar-refractivity contribution is 5.72. The van der Waals surface area contributed by atoms with Gasteiger partial charge in [-0.3, -0.25) is 9.69 Å². The van der Waals surface area contributed by atoms with Crippen LogP contribution in [0.15, 0.2) is 0 Å². The third kappa shape index (κ3) is 7.72. The van der Waals surface area contributed by atoms with E-state index in [1.54, 1.807) is 14.0 Å². The van der Waals surface area contributed by atoms with E-state index in [9.17, 15) is 4.79 Å². The predicted octanol–water partition coefficient (Wildman–Crippen LogP) is 1.05. The molecule has 0 aromatic heterocycles. The Labute approximate surface area is 103 Å². The van der Waals surface area contributed by atoms with E-state index >= 15 is 0 Å². The number of nitriles is 1. The average Bonchev–Trinajstić information content (AvgIpc) is 2.32. The van der Waals surface area contributed by atoms with Crippen molar-refractivity contribution in [1.29, 1.82) is 5.26 Å². The Kier molecular flexibility index (Phi) is 9.40. The Morgan fingerprint density at radius 3 is 2.71 bits per heavy atom. The number of esters is 1. The van der Waals surface area contributed by atoms with Gasteiger partial charge in [-0.2, -0.15) is 5.26 Å². The molecule has 0 saturated heterocycles. The van der Waals surface area contributed by atoms with Gasteiger partial charge in [0.05, 0.1) is 25.2 Å². The predicted molar refractivity (Wildman–Crippen MR) is 64.3 cm³/mol. The first kappa shape index (κ1) is 15.9. The van der Waals surface area contributed by atoms with Crippen LogP contribution >= 0.6 is 0 Å². The Bertz CT molecular complexity index is 251. The molecular weight excluding hydrogens is 220 g/mol. The van der Waals surface area contributed by atoms with Crippen LogP contribution in [-0.4, -0.2) is 50.8 Å². The van der Waals surface area contributed by atoms with Gasteiger partial charge < -0.3 is 9.47 Å². The van der Waals surface area contributed by atoms with Crippen molar-refractivity contribution in [1.82, 2.24) is 4.90 Å². The average molecular weight is 242 g/mol. The zero-order chi connectivity index (χ0) is 13.1. The number of nitrogens with zero attached hydrogens (tertiary/aromatic N) is 2. The fraction of sp³-hybridized carbons (Fsp3) is 0.833. The molecule has 0 radical (unpaired) electrons. The molecule has 0 saturated carbocycles. The molecule has 0 amide bonds. The Morgan fingerprint density at radius 2 is 2.18 bits per heavy atom. The van der Waals surface area contributed by atoms with Gasteiger partial charge in [-0.1, -0.05) is 6.92 Å². The fourth-order valence-electron chi connectivity index (χ4n) is 1.47. The van der Waals surface area contributed by atoms with Gasteiger partial charge in [-0.05, 0) is 6.92 Å². The minimum Gasteiger partial charge on any atom is -0.466 e. The van der Waals surface area contributed by atoms with E-state index in [-0.39, 0.29) is 11.9 Å². The van der Waals surface area contributed by atoms with Crippen LogP contribution in [0.5, 0.6) is 0 Å². The maximum atomic E-state index is 11.5. The van der Waals surface area contributed by atoms with Gasteiger partial charge in [0.2, 0.25) is 0 Å². The summed E-state index contributed by atoms with van der Waals surface area (Å²) in [6, 6.07) is 2.10. The SMILES string of the molecule is CCOC(=O)C(C)CN(CCC#N)CCOC. The summed E-state index contributed by atoms with van der Waals surface area (Å²) in [6.45, 7) is 6.61. The highest BCUT2D eigenvalue weighted by Gasteiger charge is 2.17. The second kappa shape index (κ2) is 10.1. The standard InChI is InChI=1S/C12H22N2O3/c1-4-17-12(15)11(2)10-14(7-5-6-13)8-9-16-3/h11H,4-5,7-10H2,1-3H3. The first-order chi connectivity index (χ1) is 8.15. The minimum atomic E-state index is -0.188. The first-order valence-corrected chi connectivity index (χ1v) is 5.90. The highest BCUT2D eigenvalue weighted by Crippen LogP contribution is 2.03. The summed E-state index contributed by atoms with van der Waals surface area (Å²) in [5.41, 5.74) is 0. The lowest BCUT2D eigenvalue weighted by Crippen LogP contribution is -2.35. The number of hydrogen-bond acceptors (Lipinski definition) is 5. The molecule has 0 N–H and O–H groups in total. The van der Waals surface area contributed by atoms with Crippen molar-refractivity contribution in [3.8, 4) is 6.07 Å². The molecule has 17 heavy (non-hydrogen) atoms. The second-order valence-electron chi connectivity index (χ2n) is 3.85. The number of ether oxygens (including phenoxy) is 2. The highest BCUT2D eigenvalue weighted by atomic mass is 16.5. The van der Waals surface area contributed by atoms with Gasteiger partial charge in [0.1, 0.15) is 0 Å². The van der Waals surface area contributed by atoms with E-state index in [4.69, 9.17) is 14.7 Å². The van der Waals surface area contributed by atoms with Gasteiger partial charge in [0.15, 0.2) is 0 Å². The lowest BCUT2D eigenvalue weighted by molar-refractivity contribution is -0.148. The van der Waals surface area contributed by atoms with Crippen molar-refractivity contribution in [3.63, 3.8) is 0 Å². The number of hydrogen-bond donors (Lipinski definition) is 0. The molecule has 5 heteroatoms. The smallest absolute Gasteiger partial charge is 0.309 e. The summed E-state index contributed by atoms with van der Waals surface area (Å²) in [5.74, 6) is -0.364. The largest absolute Gasteiger partial charge is 0.466 e. The molecule has 0 fully saturated rings. The van der Waals surface area contributed by atoms with E-state index < -0.39 is 0 Å². The van der Waals surface area contributed by atoms with Crippen LogP contribution in [0.25, 0.3) is 0 Å². The van der Waals surface area contributed by atoms with Crippen molar-refractivity contribution in [2.75, 3.05) is 40.0 Å². The molecule has 0 spiro atoms. The van der Waals surface area contributed by atoms with Crippen molar-refractivity contribution in [3.05, 3.63) is 0 Å². The minimum absolute atomic E-state index is 0.175. The van der Waals surface area contributed by atoms with E-state index in [1.807, 2.05) is 11.8 Å². The molecule has 0 aromatic carbocycles. The molecule has 0 aromatic rings. The normalized spacial score (nSPS) is 12.2. The zero-order valence-corrected chi connectivity index (χ0v) is 10.9. The zero-order valence-electron chi connectivity index (χ0n) is 10.9. The quantitative estimate of drug-likeness (QED) is 0.565. The Hall–Kier alpha value is -1.12. The van der Waals surface area contributed by atoms with Gasteiger partial charge in [0.25, 0.3) is 0 Å². The van der Waals surface area contributed by atoms with Crippen molar-refractivity contribution in [2.45, 2.75) is 20.3 Å². The molecule has 0 aliphatic rings. The monoisotopic (exact) mass is 242 g/mol. The van der Waals surface area contributed by atoms with Crippen LogP contribution in [0.3, 0.4) is 0 Å². The number of carbonyl (C=O) groups is 1. The number of carbonyl (C=O) groups excluding carboxylic acids is 1. The van der Waals surface area contributed by atoms with E-state index in [1.165, 1.54) is 0 Å². The van der Waals surface area contributed by atoms with Crippen molar-refractivity contribution >= 4 is 5.97 Å². The summed E-state index contributed by atoms with van der Waals surface area (Å²) in [4.78, 5) is 13.5. The van der Waals surface area contributed by atoms with Crippen molar-refractivity contribution in [2.24, 2.45) is 5.92 Å². The molecule has 1 unspecified atom stereocenters. The van der Waals surface area contributed by atoms with E-state index in [0.29, 0.717) is 32.7 Å². The second-order valence-corrected chi connectivity index (χ2v) is 3.85. The van der Waals surface area contributed by atoms with E-state index in [0.717, 1.165) is 6.54 Å². The maximum Gasteiger partial charge on any atom is 0.309 e. The topological polar surface area (TPSA) is 62.6 Å². The molecular formula is C12H22N2O3. The molecule has 1 atom stereocenters. The molecule has 0 rings (SSSR count). The summed E-state index contributed by atoms with van der Waals surface area (Å²) in [7, 11) is 1.64. The third-order valence-electron chi connectivity index (χ3n) is 2.37. The summed E-state index contributed by atoms with van der Waals surface area (Å²) in [6.07, 6.45) is 0.458. The summed E-state index contributed by atoms with van der Waals surface area (Å²) < 4.78 is 9.95. The van der Waals surface area contributed by atoms with Gasteiger partial charge in [-0.15, -0.1) is 0 Å². The fourth-order valence-corrected chi connectivity index (χ4v) is 1.47. The van der Waals surface area contributed by atoms with Crippen LogP contribution in [0.1, 0.15) is 20.3 Å². The van der Waals surface area contributed by atoms with Crippen LogP contribution in [-0.2, 0) is 14.3 Å². The Balaban J connectivity index is 4.11. The third-order valence-corrected chi connectivity index (χ3v) is 2.37. The van der Waals surface area contributed by atoms with Crippen LogP contribution in [0.4, 0.5) is 0 Å². The lowest BCUT2D eigenvalue weighted by Gasteiger charge is -2.23.